The van der Waals surface area contributed by atoms with Crippen molar-refractivity contribution < 1.29 is 14.5 Å². The highest BCUT2D eigenvalue weighted by Crippen LogP contribution is 2.30. The molecule has 0 bridgehead atoms. The van der Waals surface area contributed by atoms with Crippen molar-refractivity contribution in [2.75, 3.05) is 5.32 Å². The smallest absolute Gasteiger partial charge is 0.275 e. The summed E-state index contributed by atoms with van der Waals surface area (Å²) in [6.45, 7) is 4.28. The molecule has 0 radical (unpaired) electrons. The van der Waals surface area contributed by atoms with Crippen molar-refractivity contribution in [1.82, 2.24) is 9.78 Å². The maximum Gasteiger partial charge on any atom is 0.275 e. The predicted molar refractivity (Wildman–Crippen MR) is 105 cm³/mol. The number of aryl methyl sites for hydroxylation is 3. The van der Waals surface area contributed by atoms with Crippen molar-refractivity contribution in [2.24, 2.45) is 0 Å². The number of benzene rings is 2. The maximum atomic E-state index is 12.2. The van der Waals surface area contributed by atoms with Crippen molar-refractivity contribution in [1.29, 1.82) is 0 Å². The summed E-state index contributed by atoms with van der Waals surface area (Å²) >= 11 is 0. The molecule has 8 nitrogen and oxygen atoms in total. The van der Waals surface area contributed by atoms with Crippen LogP contribution in [0.4, 0.5) is 11.4 Å². The molecule has 144 valence electrons. The van der Waals surface area contributed by atoms with Gasteiger partial charge in [-0.3, -0.25) is 19.6 Å². The van der Waals surface area contributed by atoms with Gasteiger partial charge >= 0.3 is 0 Å². The molecule has 1 aromatic heterocycles. The molecule has 3 rings (SSSR count). The number of carbonyl (C=O) groups excluding carboxylic acids is 1. The minimum atomic E-state index is -0.523. The molecule has 0 aliphatic rings. The minimum absolute atomic E-state index is 0.164. The van der Waals surface area contributed by atoms with Crippen LogP contribution in [0.5, 0.6) is 11.5 Å². The first kappa shape index (κ1) is 19.1. The molecule has 1 amide bonds. The number of nitrogens with zero attached hydrogens (tertiary/aromatic N) is 3. The summed E-state index contributed by atoms with van der Waals surface area (Å²) in [6.07, 6.45) is 1.86. The molecule has 28 heavy (non-hydrogen) atoms. The first-order chi connectivity index (χ1) is 13.4. The molecule has 0 saturated heterocycles. The van der Waals surface area contributed by atoms with E-state index >= 15 is 0 Å². The van der Waals surface area contributed by atoms with Gasteiger partial charge in [0.05, 0.1) is 16.7 Å². The van der Waals surface area contributed by atoms with Crippen LogP contribution in [0.2, 0.25) is 0 Å². The average molecular weight is 380 g/mol. The lowest BCUT2D eigenvalue weighted by molar-refractivity contribution is -0.384. The standard InChI is InChI=1S/C20H20N4O4/c1-14-3-5-18(6-4-14)28-19-12-16(11-17(13-19)24(26)27)22-20(25)8-10-23-15(2)7-9-21-23/h3-7,9,11-13H,8,10H2,1-2H3,(H,22,25). The van der Waals surface area contributed by atoms with Crippen molar-refractivity contribution in [3.63, 3.8) is 0 Å². The van der Waals surface area contributed by atoms with Crippen LogP contribution in [0.15, 0.2) is 54.7 Å². The second-order valence-electron chi connectivity index (χ2n) is 6.38. The van der Waals surface area contributed by atoms with Crippen LogP contribution >= 0.6 is 0 Å². The minimum Gasteiger partial charge on any atom is -0.457 e. The number of non-ortho nitro benzene ring substituents is 1. The van der Waals surface area contributed by atoms with E-state index < -0.39 is 4.92 Å². The SMILES string of the molecule is Cc1ccc(Oc2cc(NC(=O)CCn3nccc3C)cc([N+](=O)[O-])c2)cc1. The Morgan fingerprint density at radius 1 is 1.14 bits per heavy atom. The van der Waals surface area contributed by atoms with Crippen molar-refractivity contribution in [3.05, 3.63) is 76.1 Å². The van der Waals surface area contributed by atoms with Crippen LogP contribution in [0.3, 0.4) is 0 Å². The lowest BCUT2D eigenvalue weighted by Crippen LogP contribution is -2.15. The van der Waals surface area contributed by atoms with Gasteiger partial charge in [0.2, 0.25) is 5.91 Å². The van der Waals surface area contributed by atoms with E-state index in [0.29, 0.717) is 18.0 Å². The summed E-state index contributed by atoms with van der Waals surface area (Å²) in [5.74, 6) is 0.561. The van der Waals surface area contributed by atoms with Gasteiger partial charge in [-0.2, -0.15) is 5.10 Å². The van der Waals surface area contributed by atoms with E-state index in [9.17, 15) is 14.9 Å². The molecule has 1 heterocycles. The third kappa shape index (κ3) is 4.94. The number of nitro benzene ring substituents is 1. The topological polar surface area (TPSA) is 99.3 Å². The van der Waals surface area contributed by atoms with Gasteiger partial charge in [0.25, 0.3) is 5.69 Å². The highest BCUT2D eigenvalue weighted by Gasteiger charge is 2.13. The zero-order valence-electron chi connectivity index (χ0n) is 15.6. The number of anilines is 1. The molecule has 0 saturated carbocycles. The summed E-state index contributed by atoms with van der Waals surface area (Å²) in [4.78, 5) is 23.0. The largest absolute Gasteiger partial charge is 0.457 e. The van der Waals surface area contributed by atoms with Crippen LogP contribution in [0.25, 0.3) is 0 Å². The number of ether oxygens (including phenoxy) is 1. The molecule has 0 aliphatic carbocycles. The van der Waals surface area contributed by atoms with Crippen molar-refractivity contribution in [2.45, 2.75) is 26.8 Å². The molecule has 0 unspecified atom stereocenters. The number of hydrogen-bond donors (Lipinski definition) is 1. The van der Waals surface area contributed by atoms with E-state index in [0.717, 1.165) is 11.3 Å². The first-order valence-corrected chi connectivity index (χ1v) is 8.73. The summed E-state index contributed by atoms with van der Waals surface area (Å²) in [7, 11) is 0. The third-order valence-electron chi connectivity index (χ3n) is 4.12. The van der Waals surface area contributed by atoms with Gasteiger partial charge in [-0.1, -0.05) is 17.7 Å². The van der Waals surface area contributed by atoms with Gasteiger partial charge in [0.15, 0.2) is 0 Å². The molecule has 0 aliphatic heterocycles. The monoisotopic (exact) mass is 380 g/mol. The Labute approximate surface area is 161 Å². The molecule has 8 heteroatoms. The summed E-state index contributed by atoms with van der Waals surface area (Å²) in [6, 6.07) is 13.4. The van der Waals surface area contributed by atoms with Gasteiger partial charge in [-0.15, -0.1) is 0 Å². The van der Waals surface area contributed by atoms with E-state index in [1.165, 1.54) is 12.1 Å². The van der Waals surface area contributed by atoms with Gasteiger partial charge in [-0.05, 0) is 32.0 Å². The van der Waals surface area contributed by atoms with E-state index in [4.69, 9.17) is 4.74 Å². The van der Waals surface area contributed by atoms with Crippen LogP contribution in [0.1, 0.15) is 17.7 Å². The lowest BCUT2D eigenvalue weighted by Gasteiger charge is -2.10. The number of nitro groups is 1. The van der Waals surface area contributed by atoms with Crippen molar-refractivity contribution in [3.8, 4) is 11.5 Å². The molecular weight excluding hydrogens is 360 g/mol. The molecule has 0 spiro atoms. The van der Waals surface area contributed by atoms with Gasteiger partial charge < -0.3 is 10.1 Å². The summed E-state index contributed by atoms with van der Waals surface area (Å²) in [5.41, 5.74) is 2.17. The fraction of sp³-hybridized carbons (Fsp3) is 0.200. The maximum absolute atomic E-state index is 12.2. The van der Waals surface area contributed by atoms with Crippen LogP contribution in [-0.4, -0.2) is 20.6 Å². The quantitative estimate of drug-likeness (QED) is 0.488. The highest BCUT2D eigenvalue weighted by atomic mass is 16.6. The van der Waals surface area contributed by atoms with E-state index in [-0.39, 0.29) is 23.8 Å². The number of rotatable bonds is 7. The fourth-order valence-electron chi connectivity index (χ4n) is 2.63. The Balaban J connectivity index is 1.73. The number of hydrogen-bond acceptors (Lipinski definition) is 5. The Bertz CT molecular complexity index is 996. The molecule has 0 atom stereocenters. The second kappa shape index (κ2) is 8.34. The predicted octanol–water partition coefficient (Wildman–Crippen LogP) is 4.23. The van der Waals surface area contributed by atoms with Gasteiger partial charge in [0, 0.05) is 37.0 Å². The van der Waals surface area contributed by atoms with E-state index in [1.54, 1.807) is 29.1 Å². The van der Waals surface area contributed by atoms with E-state index in [1.807, 2.05) is 32.0 Å². The zero-order chi connectivity index (χ0) is 20.1. The Morgan fingerprint density at radius 2 is 1.89 bits per heavy atom. The second-order valence-corrected chi connectivity index (χ2v) is 6.38. The lowest BCUT2D eigenvalue weighted by atomic mass is 10.2. The normalized spacial score (nSPS) is 10.5. The zero-order valence-corrected chi connectivity index (χ0v) is 15.6. The average Bonchev–Trinajstić information content (AvgIpc) is 3.06. The number of aromatic nitrogens is 2. The fourth-order valence-corrected chi connectivity index (χ4v) is 2.63. The summed E-state index contributed by atoms with van der Waals surface area (Å²) in [5, 5.41) is 18.0. The number of carbonyl (C=O) groups is 1. The van der Waals surface area contributed by atoms with Crippen LogP contribution < -0.4 is 10.1 Å². The molecule has 0 fully saturated rings. The Kier molecular flexibility index (Phi) is 5.69. The molecular formula is C20H20N4O4. The third-order valence-corrected chi connectivity index (χ3v) is 4.12. The van der Waals surface area contributed by atoms with Crippen LogP contribution in [-0.2, 0) is 11.3 Å². The Hall–Kier alpha value is -3.68. The number of amides is 1. The Morgan fingerprint density at radius 3 is 2.54 bits per heavy atom. The number of nitrogens with one attached hydrogen (secondary N) is 1. The van der Waals surface area contributed by atoms with Gasteiger partial charge in [0.1, 0.15) is 11.5 Å². The summed E-state index contributed by atoms with van der Waals surface area (Å²) < 4.78 is 7.43. The van der Waals surface area contributed by atoms with Crippen LogP contribution in [0, 0.1) is 24.0 Å². The van der Waals surface area contributed by atoms with Gasteiger partial charge in [-0.25, -0.2) is 0 Å². The first-order valence-electron chi connectivity index (χ1n) is 8.73. The molecule has 3 aromatic rings. The highest BCUT2D eigenvalue weighted by molar-refractivity contribution is 5.91. The molecule has 2 aromatic carbocycles. The van der Waals surface area contributed by atoms with Crippen molar-refractivity contribution >= 4 is 17.3 Å². The molecule has 1 N–H and O–H groups in total. The van der Waals surface area contributed by atoms with E-state index in [2.05, 4.69) is 10.4 Å².